The maximum absolute atomic E-state index is 13.0. The SMILES string of the molecule is CC1C(=O)N(C)c2cnc(Nc3cccc(C(=O)N4CCN(C)CC4)c3)cc2N1C1CCCC1. The number of pyridine rings is 1. The lowest BCUT2D eigenvalue weighted by atomic mass is 10.0. The average Bonchev–Trinajstić information content (AvgIpc) is 3.37. The fourth-order valence-corrected chi connectivity index (χ4v) is 5.46. The van der Waals surface area contributed by atoms with Gasteiger partial charge in [-0.25, -0.2) is 4.98 Å². The minimum Gasteiger partial charge on any atom is -0.355 e. The van der Waals surface area contributed by atoms with E-state index in [2.05, 4.69) is 27.1 Å². The highest BCUT2D eigenvalue weighted by molar-refractivity contribution is 6.05. The number of amides is 2. The normalized spacial score (nSPS) is 21.7. The first kappa shape index (κ1) is 22.7. The summed E-state index contributed by atoms with van der Waals surface area (Å²) < 4.78 is 0. The van der Waals surface area contributed by atoms with Crippen molar-refractivity contribution in [1.29, 1.82) is 0 Å². The molecule has 2 amide bonds. The van der Waals surface area contributed by atoms with Crippen molar-refractivity contribution in [1.82, 2.24) is 14.8 Å². The van der Waals surface area contributed by atoms with Gasteiger partial charge in [-0.15, -0.1) is 0 Å². The van der Waals surface area contributed by atoms with Crippen molar-refractivity contribution in [2.24, 2.45) is 0 Å². The zero-order valence-electron chi connectivity index (χ0n) is 20.3. The van der Waals surface area contributed by atoms with E-state index in [0.29, 0.717) is 17.4 Å². The highest BCUT2D eigenvalue weighted by Gasteiger charge is 2.38. The van der Waals surface area contributed by atoms with Crippen molar-refractivity contribution in [3.8, 4) is 0 Å². The molecule has 0 spiro atoms. The predicted octanol–water partition coefficient (Wildman–Crippen LogP) is 3.33. The summed E-state index contributed by atoms with van der Waals surface area (Å²) in [5.74, 6) is 0.884. The number of carbonyl (C=O) groups excluding carboxylic acids is 2. The molecule has 34 heavy (non-hydrogen) atoms. The van der Waals surface area contributed by atoms with Crippen LogP contribution in [0.4, 0.5) is 22.9 Å². The lowest BCUT2D eigenvalue weighted by molar-refractivity contribution is -0.119. The fourth-order valence-electron chi connectivity index (χ4n) is 5.46. The first-order valence-electron chi connectivity index (χ1n) is 12.3. The number of anilines is 4. The molecule has 8 heteroatoms. The van der Waals surface area contributed by atoms with Crippen molar-refractivity contribution in [3.05, 3.63) is 42.1 Å². The molecular weight excluding hydrogens is 428 g/mol. The van der Waals surface area contributed by atoms with Crippen molar-refractivity contribution in [2.45, 2.75) is 44.7 Å². The number of rotatable bonds is 4. The summed E-state index contributed by atoms with van der Waals surface area (Å²) in [5, 5.41) is 3.39. The highest BCUT2D eigenvalue weighted by atomic mass is 16.2. The molecule has 180 valence electrons. The van der Waals surface area contributed by atoms with Gasteiger partial charge in [0, 0.05) is 56.6 Å². The van der Waals surface area contributed by atoms with Gasteiger partial charge in [0.15, 0.2) is 0 Å². The summed E-state index contributed by atoms with van der Waals surface area (Å²) in [4.78, 5) is 38.7. The van der Waals surface area contributed by atoms with Crippen molar-refractivity contribution < 1.29 is 9.59 Å². The number of nitrogens with zero attached hydrogens (tertiary/aromatic N) is 5. The molecule has 1 aromatic carbocycles. The predicted molar refractivity (Wildman–Crippen MR) is 135 cm³/mol. The summed E-state index contributed by atoms with van der Waals surface area (Å²) >= 11 is 0. The molecule has 5 rings (SSSR count). The maximum atomic E-state index is 13.0. The minimum absolute atomic E-state index is 0.0662. The van der Waals surface area contributed by atoms with Crippen LogP contribution in [0.3, 0.4) is 0 Å². The summed E-state index contributed by atoms with van der Waals surface area (Å²) in [6.07, 6.45) is 6.42. The van der Waals surface area contributed by atoms with E-state index in [0.717, 1.165) is 56.1 Å². The second kappa shape index (κ2) is 9.25. The van der Waals surface area contributed by atoms with E-state index in [1.54, 1.807) is 11.1 Å². The zero-order valence-corrected chi connectivity index (χ0v) is 20.3. The van der Waals surface area contributed by atoms with Crippen LogP contribution in [0, 0.1) is 0 Å². The summed E-state index contributed by atoms with van der Waals surface area (Å²) in [6.45, 7) is 5.30. The zero-order chi connectivity index (χ0) is 23.8. The summed E-state index contributed by atoms with van der Waals surface area (Å²) in [6, 6.07) is 9.86. The third kappa shape index (κ3) is 4.22. The van der Waals surface area contributed by atoms with E-state index in [4.69, 9.17) is 0 Å². The van der Waals surface area contributed by atoms with Gasteiger partial charge in [0.1, 0.15) is 11.9 Å². The number of hydrogen-bond acceptors (Lipinski definition) is 6. The Morgan fingerprint density at radius 2 is 1.76 bits per heavy atom. The summed E-state index contributed by atoms with van der Waals surface area (Å²) in [5.41, 5.74) is 3.40. The van der Waals surface area contributed by atoms with Gasteiger partial charge in [0.25, 0.3) is 5.91 Å². The third-order valence-corrected chi connectivity index (χ3v) is 7.50. The molecule has 1 aromatic heterocycles. The van der Waals surface area contributed by atoms with E-state index in [1.807, 2.05) is 49.2 Å². The van der Waals surface area contributed by atoms with E-state index in [-0.39, 0.29) is 17.9 Å². The van der Waals surface area contributed by atoms with Crippen LogP contribution in [0.5, 0.6) is 0 Å². The van der Waals surface area contributed by atoms with Crippen LogP contribution in [0.15, 0.2) is 36.5 Å². The molecule has 1 aliphatic carbocycles. The van der Waals surface area contributed by atoms with Crippen molar-refractivity contribution in [3.63, 3.8) is 0 Å². The van der Waals surface area contributed by atoms with Gasteiger partial charge in [-0.3, -0.25) is 9.59 Å². The van der Waals surface area contributed by atoms with Crippen LogP contribution < -0.4 is 15.1 Å². The Kier molecular flexibility index (Phi) is 6.16. The molecule has 2 fully saturated rings. The lowest BCUT2D eigenvalue weighted by Gasteiger charge is -2.43. The van der Waals surface area contributed by atoms with Gasteiger partial charge in [-0.2, -0.15) is 0 Å². The third-order valence-electron chi connectivity index (χ3n) is 7.50. The number of hydrogen-bond donors (Lipinski definition) is 1. The number of aromatic nitrogens is 1. The molecule has 8 nitrogen and oxygen atoms in total. The number of likely N-dealkylation sites (N-methyl/N-ethyl adjacent to an activating group) is 2. The molecule has 3 aliphatic rings. The molecule has 1 N–H and O–H groups in total. The van der Waals surface area contributed by atoms with Gasteiger partial charge in [-0.1, -0.05) is 18.9 Å². The monoisotopic (exact) mass is 462 g/mol. The van der Waals surface area contributed by atoms with Crippen LogP contribution in [-0.2, 0) is 4.79 Å². The minimum atomic E-state index is -0.194. The largest absolute Gasteiger partial charge is 0.355 e. The Morgan fingerprint density at radius 1 is 1.03 bits per heavy atom. The van der Waals surface area contributed by atoms with Crippen LogP contribution >= 0.6 is 0 Å². The van der Waals surface area contributed by atoms with Gasteiger partial charge < -0.3 is 24.9 Å². The molecule has 2 aliphatic heterocycles. The number of fused-ring (bicyclic) bond motifs is 1. The molecule has 1 unspecified atom stereocenters. The standard InChI is InChI=1S/C26H34N6O2/c1-18-25(33)30(3)23-17-27-24(16-22(23)32(18)21-9-4-5-10-21)28-20-8-6-7-19(15-20)26(34)31-13-11-29(2)12-14-31/h6-8,15-18,21H,4-5,9-14H2,1-3H3,(H,27,28). The first-order valence-corrected chi connectivity index (χ1v) is 12.3. The number of piperazine rings is 1. The van der Waals surface area contributed by atoms with Gasteiger partial charge in [0.05, 0.1) is 17.6 Å². The van der Waals surface area contributed by atoms with Crippen molar-refractivity contribution >= 4 is 34.7 Å². The second-order valence-corrected chi connectivity index (χ2v) is 9.78. The first-order chi connectivity index (χ1) is 16.4. The fraction of sp³-hybridized carbons (Fsp3) is 0.500. The van der Waals surface area contributed by atoms with Gasteiger partial charge >= 0.3 is 0 Å². The number of carbonyl (C=O) groups is 2. The average molecular weight is 463 g/mol. The van der Waals surface area contributed by atoms with Crippen LogP contribution in [0.25, 0.3) is 0 Å². The van der Waals surface area contributed by atoms with Gasteiger partial charge in [0.2, 0.25) is 5.91 Å². The Bertz CT molecular complexity index is 1070. The molecule has 2 aromatic rings. The Balaban J connectivity index is 1.39. The molecule has 1 saturated heterocycles. The maximum Gasteiger partial charge on any atom is 0.254 e. The summed E-state index contributed by atoms with van der Waals surface area (Å²) in [7, 11) is 3.91. The van der Waals surface area contributed by atoms with Gasteiger partial charge in [-0.05, 0) is 45.0 Å². The van der Waals surface area contributed by atoms with Crippen LogP contribution in [0.1, 0.15) is 43.0 Å². The van der Waals surface area contributed by atoms with E-state index < -0.39 is 0 Å². The molecule has 1 saturated carbocycles. The Labute approximate surface area is 201 Å². The number of benzene rings is 1. The molecule has 3 heterocycles. The van der Waals surface area contributed by atoms with Crippen LogP contribution in [-0.4, -0.2) is 79.0 Å². The Hall–Kier alpha value is -3.13. The molecule has 1 atom stereocenters. The smallest absolute Gasteiger partial charge is 0.254 e. The van der Waals surface area contributed by atoms with E-state index in [9.17, 15) is 9.59 Å². The molecular formula is C26H34N6O2. The molecule has 0 bridgehead atoms. The van der Waals surface area contributed by atoms with E-state index >= 15 is 0 Å². The topological polar surface area (TPSA) is 72.0 Å². The van der Waals surface area contributed by atoms with E-state index in [1.165, 1.54) is 12.8 Å². The van der Waals surface area contributed by atoms with Crippen molar-refractivity contribution in [2.75, 3.05) is 55.4 Å². The lowest BCUT2D eigenvalue weighted by Crippen LogP contribution is -2.54. The quantitative estimate of drug-likeness (QED) is 0.752. The number of nitrogens with one attached hydrogen (secondary N) is 1. The highest BCUT2D eigenvalue weighted by Crippen LogP contribution is 2.41. The second-order valence-electron chi connectivity index (χ2n) is 9.78. The van der Waals surface area contributed by atoms with Crippen LogP contribution in [0.2, 0.25) is 0 Å². The Morgan fingerprint density at radius 3 is 2.50 bits per heavy atom. The molecule has 0 radical (unpaired) electrons.